The summed E-state index contributed by atoms with van der Waals surface area (Å²) >= 11 is 9.35. The summed E-state index contributed by atoms with van der Waals surface area (Å²) in [7, 11) is 1.66. The molecule has 1 fully saturated rings. The number of amides is 1. The second-order valence-electron chi connectivity index (χ2n) is 7.74. The van der Waals surface area contributed by atoms with Crippen molar-refractivity contribution in [1.82, 2.24) is 9.88 Å². The number of ether oxygens (including phenoxy) is 2. The molecule has 0 bridgehead atoms. The Bertz CT molecular complexity index is 1060. The first kappa shape index (κ1) is 27.0. The highest BCUT2D eigenvalue weighted by Gasteiger charge is 2.20. The Morgan fingerprint density at radius 1 is 1.24 bits per heavy atom. The number of anilines is 1. The molecule has 0 saturated carbocycles. The van der Waals surface area contributed by atoms with Gasteiger partial charge in [0.05, 0.1) is 30.5 Å². The van der Waals surface area contributed by atoms with Crippen LogP contribution in [0.4, 0.5) is 5.13 Å². The highest BCUT2D eigenvalue weighted by molar-refractivity contribution is 7.99. The number of hydrogen-bond donors (Lipinski definition) is 0. The molecule has 10 heteroatoms. The van der Waals surface area contributed by atoms with Crippen LogP contribution < -0.4 is 9.64 Å². The lowest BCUT2D eigenvalue weighted by molar-refractivity contribution is -0.118. The van der Waals surface area contributed by atoms with Crippen molar-refractivity contribution < 1.29 is 14.3 Å². The first-order valence-corrected chi connectivity index (χ1v) is 13.2. The van der Waals surface area contributed by atoms with Gasteiger partial charge in [0, 0.05) is 48.3 Å². The quantitative estimate of drug-likeness (QED) is 0.310. The van der Waals surface area contributed by atoms with Crippen molar-refractivity contribution in [3.8, 4) is 5.75 Å². The van der Waals surface area contributed by atoms with Crippen LogP contribution in [0.5, 0.6) is 5.75 Å². The Hall–Kier alpha value is -1.55. The molecule has 2 heterocycles. The third kappa shape index (κ3) is 7.47. The van der Waals surface area contributed by atoms with E-state index in [1.807, 2.05) is 47.4 Å². The zero-order valence-corrected chi connectivity index (χ0v) is 22.3. The number of hydrogen-bond acceptors (Lipinski definition) is 7. The van der Waals surface area contributed by atoms with Crippen molar-refractivity contribution in [2.75, 3.05) is 57.2 Å². The van der Waals surface area contributed by atoms with E-state index in [1.54, 1.807) is 18.9 Å². The number of carbonyl (C=O) groups is 1. The summed E-state index contributed by atoms with van der Waals surface area (Å²) in [6.45, 7) is 5.06. The second-order valence-corrected chi connectivity index (χ2v) is 10.3. The number of aromatic nitrogens is 1. The van der Waals surface area contributed by atoms with Crippen LogP contribution in [-0.2, 0) is 9.53 Å². The van der Waals surface area contributed by atoms with Gasteiger partial charge < -0.3 is 9.47 Å². The van der Waals surface area contributed by atoms with Gasteiger partial charge in [0.25, 0.3) is 0 Å². The molecular formula is C24H29Cl2N3O3S2. The number of nitrogens with zero attached hydrogens (tertiary/aromatic N) is 3. The molecule has 1 amide bonds. The van der Waals surface area contributed by atoms with Gasteiger partial charge in [-0.1, -0.05) is 22.9 Å². The van der Waals surface area contributed by atoms with Crippen molar-refractivity contribution in [3.05, 3.63) is 47.5 Å². The average Bonchev–Trinajstić information content (AvgIpc) is 3.25. The van der Waals surface area contributed by atoms with Crippen LogP contribution in [0.1, 0.15) is 12.8 Å². The van der Waals surface area contributed by atoms with Crippen molar-refractivity contribution in [3.63, 3.8) is 0 Å². The van der Waals surface area contributed by atoms with Gasteiger partial charge in [-0.2, -0.15) is 0 Å². The standard InChI is InChI=1S/C24H28ClN3O3S2.ClH/c1-30-19-4-6-20(7-5-19)32-16-9-23(29)28(11-2-10-27-12-14-31-15-13-27)24-26-21-8-3-18(25)17-22(21)33-24;/h3-8,17H,2,9-16H2,1H3;1H. The molecule has 0 aliphatic carbocycles. The molecular weight excluding hydrogens is 513 g/mol. The van der Waals surface area contributed by atoms with Crippen LogP contribution in [-0.4, -0.2) is 68.0 Å². The average molecular weight is 543 g/mol. The maximum Gasteiger partial charge on any atom is 0.229 e. The van der Waals surface area contributed by atoms with Gasteiger partial charge >= 0.3 is 0 Å². The number of methoxy groups -OCH3 is 1. The molecule has 0 unspecified atom stereocenters. The lowest BCUT2D eigenvalue weighted by atomic mass is 10.3. The first-order valence-electron chi connectivity index (χ1n) is 11.1. The van der Waals surface area contributed by atoms with Crippen LogP contribution in [0.15, 0.2) is 47.4 Å². The molecule has 6 nitrogen and oxygen atoms in total. The largest absolute Gasteiger partial charge is 0.497 e. The Balaban J connectivity index is 0.00000324. The highest BCUT2D eigenvalue weighted by Crippen LogP contribution is 2.31. The van der Waals surface area contributed by atoms with Gasteiger partial charge in [0.15, 0.2) is 5.13 Å². The number of thioether (sulfide) groups is 1. The monoisotopic (exact) mass is 541 g/mol. The topological polar surface area (TPSA) is 54.9 Å². The normalized spacial score (nSPS) is 14.1. The SMILES string of the molecule is COc1ccc(SCCC(=O)N(CCCN2CCOCC2)c2nc3ccc(Cl)cc3s2)cc1.Cl. The van der Waals surface area contributed by atoms with Gasteiger partial charge in [0.2, 0.25) is 5.91 Å². The first-order chi connectivity index (χ1) is 16.1. The fraction of sp³-hybridized carbons (Fsp3) is 0.417. The van der Waals surface area contributed by atoms with Gasteiger partial charge in [-0.05, 0) is 48.9 Å². The summed E-state index contributed by atoms with van der Waals surface area (Å²) in [5, 5.41) is 1.42. The maximum absolute atomic E-state index is 13.3. The summed E-state index contributed by atoms with van der Waals surface area (Å²) in [6.07, 6.45) is 1.35. The molecule has 1 aliphatic rings. The third-order valence-electron chi connectivity index (χ3n) is 5.48. The smallest absolute Gasteiger partial charge is 0.229 e. The summed E-state index contributed by atoms with van der Waals surface area (Å²) in [4.78, 5) is 23.4. The predicted octanol–water partition coefficient (Wildman–Crippen LogP) is 5.62. The molecule has 4 rings (SSSR count). The highest BCUT2D eigenvalue weighted by atomic mass is 35.5. The molecule has 0 radical (unpaired) electrons. The lowest BCUT2D eigenvalue weighted by Gasteiger charge is -2.27. The fourth-order valence-electron chi connectivity index (χ4n) is 3.67. The number of carbonyl (C=O) groups excluding carboxylic acids is 1. The fourth-order valence-corrected chi connectivity index (χ4v) is 5.79. The van der Waals surface area contributed by atoms with Gasteiger partial charge in [0.1, 0.15) is 5.75 Å². The number of fused-ring (bicyclic) bond motifs is 1. The zero-order valence-electron chi connectivity index (χ0n) is 19.1. The van der Waals surface area contributed by atoms with Crippen LogP contribution >= 0.6 is 47.1 Å². The minimum absolute atomic E-state index is 0. The van der Waals surface area contributed by atoms with E-state index in [-0.39, 0.29) is 18.3 Å². The molecule has 3 aromatic rings. The summed E-state index contributed by atoms with van der Waals surface area (Å²) in [5.41, 5.74) is 0.873. The minimum Gasteiger partial charge on any atom is -0.497 e. The Morgan fingerprint density at radius 2 is 2.00 bits per heavy atom. The van der Waals surface area contributed by atoms with Crippen LogP contribution in [0.2, 0.25) is 5.02 Å². The summed E-state index contributed by atoms with van der Waals surface area (Å²) in [6, 6.07) is 13.6. The van der Waals surface area contributed by atoms with E-state index in [2.05, 4.69) is 4.90 Å². The Morgan fingerprint density at radius 3 is 2.74 bits per heavy atom. The lowest BCUT2D eigenvalue weighted by Crippen LogP contribution is -2.39. The van der Waals surface area contributed by atoms with Crippen LogP contribution in [0.3, 0.4) is 0 Å². The van der Waals surface area contributed by atoms with Crippen LogP contribution in [0, 0.1) is 0 Å². The van der Waals surface area contributed by atoms with E-state index < -0.39 is 0 Å². The zero-order chi connectivity index (χ0) is 23.0. The van der Waals surface area contributed by atoms with Crippen molar-refractivity contribution in [1.29, 1.82) is 0 Å². The van der Waals surface area contributed by atoms with E-state index in [0.29, 0.717) is 23.7 Å². The van der Waals surface area contributed by atoms with E-state index in [0.717, 1.165) is 65.3 Å². The number of morpholine rings is 1. The molecule has 1 aliphatic heterocycles. The van der Waals surface area contributed by atoms with Crippen molar-refractivity contribution >= 4 is 68.4 Å². The van der Waals surface area contributed by atoms with Crippen LogP contribution in [0.25, 0.3) is 10.2 Å². The van der Waals surface area contributed by atoms with Crippen molar-refractivity contribution in [2.45, 2.75) is 17.7 Å². The second kappa shape index (κ2) is 13.5. The van der Waals surface area contributed by atoms with Crippen molar-refractivity contribution in [2.24, 2.45) is 0 Å². The maximum atomic E-state index is 13.3. The van der Waals surface area contributed by atoms with Gasteiger partial charge in [-0.15, -0.1) is 24.2 Å². The predicted molar refractivity (Wildman–Crippen MR) is 144 cm³/mol. The Kier molecular flexibility index (Phi) is 10.8. The minimum atomic E-state index is 0. The molecule has 34 heavy (non-hydrogen) atoms. The molecule has 1 saturated heterocycles. The number of benzene rings is 2. The molecule has 0 atom stereocenters. The molecule has 1 aromatic heterocycles. The molecule has 184 valence electrons. The van der Waals surface area contributed by atoms with E-state index in [1.165, 1.54) is 11.3 Å². The number of thiazole rings is 1. The Labute approximate surface area is 220 Å². The van der Waals surface area contributed by atoms with E-state index >= 15 is 0 Å². The van der Waals surface area contributed by atoms with Gasteiger partial charge in [-0.3, -0.25) is 14.6 Å². The molecule has 0 N–H and O–H groups in total. The van der Waals surface area contributed by atoms with E-state index in [9.17, 15) is 4.79 Å². The molecule has 2 aromatic carbocycles. The van der Waals surface area contributed by atoms with E-state index in [4.69, 9.17) is 26.1 Å². The van der Waals surface area contributed by atoms with Gasteiger partial charge in [-0.25, -0.2) is 4.98 Å². The summed E-state index contributed by atoms with van der Waals surface area (Å²) in [5.74, 6) is 1.64. The third-order valence-corrected chi connectivity index (χ3v) is 7.77. The number of rotatable bonds is 10. The number of halogens is 2. The summed E-state index contributed by atoms with van der Waals surface area (Å²) < 4.78 is 11.6. The molecule has 0 spiro atoms.